The fourth-order valence-electron chi connectivity index (χ4n) is 3.47. The Hall–Kier alpha value is -2.33. The number of carbonyl (C=O) groups excluding carboxylic acids is 1. The molecule has 1 aromatic heterocycles. The Kier molecular flexibility index (Phi) is 4.23. The van der Waals surface area contributed by atoms with Crippen LogP contribution >= 0.6 is 0 Å². The van der Waals surface area contributed by atoms with Crippen molar-refractivity contribution in [2.75, 3.05) is 18.4 Å². The molecule has 0 atom stereocenters. The van der Waals surface area contributed by atoms with Crippen molar-refractivity contribution in [1.29, 1.82) is 0 Å². The fourth-order valence-corrected chi connectivity index (χ4v) is 5.04. The van der Waals surface area contributed by atoms with E-state index in [-0.39, 0.29) is 23.3 Å². The van der Waals surface area contributed by atoms with Gasteiger partial charge in [0, 0.05) is 25.2 Å². The first-order chi connectivity index (χ1) is 12.4. The van der Waals surface area contributed by atoms with Crippen molar-refractivity contribution in [2.24, 2.45) is 0 Å². The van der Waals surface area contributed by atoms with Crippen molar-refractivity contribution in [3.63, 3.8) is 0 Å². The summed E-state index contributed by atoms with van der Waals surface area (Å²) in [5, 5.41) is 6.67. The summed E-state index contributed by atoms with van der Waals surface area (Å²) >= 11 is 0. The molecule has 1 fully saturated rings. The largest absolute Gasteiger partial charge is 0.326 e. The van der Waals surface area contributed by atoms with Crippen LogP contribution in [-0.2, 0) is 21.2 Å². The molecule has 0 radical (unpaired) electrons. The molecular formula is C16H18FN5O3S. The average Bonchev–Trinajstić information content (AvgIpc) is 3.15. The van der Waals surface area contributed by atoms with Gasteiger partial charge in [-0.1, -0.05) is 0 Å². The topological polar surface area (TPSA) is 97.2 Å². The van der Waals surface area contributed by atoms with Gasteiger partial charge in [-0.15, -0.1) is 0 Å². The fraction of sp³-hybridized carbons (Fsp3) is 0.438. The molecule has 1 aromatic carbocycles. The first-order valence-corrected chi connectivity index (χ1v) is 9.85. The predicted molar refractivity (Wildman–Crippen MR) is 90.4 cm³/mol. The van der Waals surface area contributed by atoms with Gasteiger partial charge in [-0.3, -0.25) is 4.79 Å². The number of benzene rings is 1. The highest BCUT2D eigenvalue weighted by Gasteiger charge is 2.33. The highest BCUT2D eigenvalue weighted by atomic mass is 32.2. The number of aryl methyl sites for hydroxylation is 1. The number of nitrogens with one attached hydrogen (secondary N) is 1. The lowest BCUT2D eigenvalue weighted by atomic mass is 10.0. The Morgan fingerprint density at radius 3 is 2.65 bits per heavy atom. The Bertz CT molecular complexity index is 937. The van der Waals surface area contributed by atoms with Crippen LogP contribution < -0.4 is 5.32 Å². The minimum absolute atomic E-state index is 0.0903. The number of amides is 1. The van der Waals surface area contributed by atoms with Crippen LogP contribution in [0.3, 0.4) is 0 Å². The molecule has 138 valence electrons. The number of hydrogen-bond donors (Lipinski definition) is 1. The van der Waals surface area contributed by atoms with Gasteiger partial charge in [0.2, 0.25) is 15.9 Å². The summed E-state index contributed by atoms with van der Waals surface area (Å²) in [6.45, 7) is 0.584. The zero-order chi connectivity index (χ0) is 18.3. The maximum absolute atomic E-state index is 14.5. The number of nitrogens with zero attached hydrogens (tertiary/aromatic N) is 4. The first-order valence-electron chi connectivity index (χ1n) is 8.41. The Labute approximate surface area is 150 Å². The molecule has 0 unspecified atom stereocenters. The van der Waals surface area contributed by atoms with Crippen molar-refractivity contribution in [3.8, 4) is 0 Å². The molecule has 0 spiro atoms. The van der Waals surface area contributed by atoms with Gasteiger partial charge < -0.3 is 5.32 Å². The number of piperidine rings is 1. The van der Waals surface area contributed by atoms with E-state index in [1.54, 1.807) is 11.0 Å². The van der Waals surface area contributed by atoms with Crippen molar-refractivity contribution >= 4 is 21.6 Å². The number of halogens is 1. The van der Waals surface area contributed by atoms with Gasteiger partial charge in [-0.05, 0) is 37.0 Å². The van der Waals surface area contributed by atoms with E-state index in [0.29, 0.717) is 43.6 Å². The maximum atomic E-state index is 14.5. The molecule has 26 heavy (non-hydrogen) atoms. The van der Waals surface area contributed by atoms with Crippen molar-refractivity contribution in [2.45, 2.75) is 36.6 Å². The van der Waals surface area contributed by atoms with Crippen LogP contribution in [-0.4, -0.2) is 46.5 Å². The number of rotatable bonds is 3. The molecular weight excluding hydrogens is 361 g/mol. The Morgan fingerprint density at radius 2 is 1.96 bits per heavy atom. The summed E-state index contributed by atoms with van der Waals surface area (Å²) in [4.78, 5) is 15.0. The highest BCUT2D eigenvalue weighted by molar-refractivity contribution is 7.89. The monoisotopic (exact) mass is 379 g/mol. The van der Waals surface area contributed by atoms with Gasteiger partial charge >= 0.3 is 0 Å². The van der Waals surface area contributed by atoms with Gasteiger partial charge in [-0.25, -0.2) is 22.5 Å². The lowest BCUT2D eigenvalue weighted by Gasteiger charge is -2.31. The molecule has 2 aliphatic heterocycles. The normalized spacial score (nSPS) is 19.2. The maximum Gasteiger partial charge on any atom is 0.245 e. The number of aromatic nitrogens is 3. The molecule has 10 heteroatoms. The first kappa shape index (κ1) is 17.1. The summed E-state index contributed by atoms with van der Waals surface area (Å²) in [5.74, 6) is -1.04. The summed E-state index contributed by atoms with van der Waals surface area (Å²) in [6.07, 6.45) is 4.91. The number of sulfonamides is 1. The van der Waals surface area contributed by atoms with Crippen LogP contribution in [0.1, 0.15) is 30.9 Å². The molecule has 0 aliphatic carbocycles. The molecule has 1 N–H and O–H groups in total. The third kappa shape index (κ3) is 2.99. The van der Waals surface area contributed by atoms with Crippen molar-refractivity contribution < 1.29 is 17.6 Å². The van der Waals surface area contributed by atoms with Crippen molar-refractivity contribution in [1.82, 2.24) is 19.1 Å². The Morgan fingerprint density at radius 1 is 1.19 bits per heavy atom. The molecule has 3 heterocycles. The lowest BCUT2D eigenvalue weighted by molar-refractivity contribution is -0.116. The van der Waals surface area contributed by atoms with E-state index < -0.39 is 15.8 Å². The smallest absolute Gasteiger partial charge is 0.245 e. The van der Waals surface area contributed by atoms with Crippen molar-refractivity contribution in [3.05, 3.63) is 36.2 Å². The second-order valence-corrected chi connectivity index (χ2v) is 8.41. The third-order valence-electron chi connectivity index (χ3n) is 4.91. The quantitative estimate of drug-likeness (QED) is 0.868. The zero-order valence-electron chi connectivity index (χ0n) is 13.9. The number of carbonyl (C=O) groups is 1. The predicted octanol–water partition coefficient (Wildman–Crippen LogP) is 1.33. The van der Waals surface area contributed by atoms with Crippen LogP contribution in [0.2, 0.25) is 0 Å². The third-order valence-corrected chi connectivity index (χ3v) is 6.82. The summed E-state index contributed by atoms with van der Waals surface area (Å²) < 4.78 is 43.3. The van der Waals surface area contributed by atoms with E-state index in [4.69, 9.17) is 0 Å². The lowest BCUT2D eigenvalue weighted by Crippen LogP contribution is -2.39. The molecule has 0 saturated carbocycles. The molecule has 1 amide bonds. The van der Waals surface area contributed by atoms with Crippen LogP contribution in [0.5, 0.6) is 0 Å². The van der Waals surface area contributed by atoms with E-state index in [1.165, 1.54) is 16.7 Å². The molecule has 2 aliphatic rings. The van der Waals surface area contributed by atoms with Gasteiger partial charge in [0.15, 0.2) is 0 Å². The highest BCUT2D eigenvalue weighted by Crippen LogP contribution is 2.32. The minimum Gasteiger partial charge on any atom is -0.326 e. The Balaban J connectivity index is 1.57. The van der Waals surface area contributed by atoms with E-state index in [9.17, 15) is 17.6 Å². The van der Waals surface area contributed by atoms with Crippen LogP contribution in [0.15, 0.2) is 29.7 Å². The summed E-state index contributed by atoms with van der Waals surface area (Å²) in [7, 11) is -3.93. The SMILES string of the molecule is O=C1CCc2cc(S(=O)(=O)N3CCC(n4cncn4)CC3)c(F)cc2N1. The van der Waals surface area contributed by atoms with Gasteiger partial charge in [0.1, 0.15) is 23.4 Å². The second kappa shape index (κ2) is 6.44. The second-order valence-electron chi connectivity index (χ2n) is 6.50. The van der Waals surface area contributed by atoms with Gasteiger partial charge in [0.05, 0.1) is 6.04 Å². The van der Waals surface area contributed by atoms with Crippen LogP contribution in [0.25, 0.3) is 0 Å². The molecule has 8 nitrogen and oxygen atoms in total. The zero-order valence-corrected chi connectivity index (χ0v) is 14.7. The van der Waals surface area contributed by atoms with Gasteiger partial charge in [-0.2, -0.15) is 9.40 Å². The number of hydrogen-bond acceptors (Lipinski definition) is 5. The van der Waals surface area contributed by atoms with Crippen LogP contribution in [0, 0.1) is 5.82 Å². The summed E-state index contributed by atoms with van der Waals surface area (Å²) in [5.41, 5.74) is 0.990. The standard InChI is InChI=1S/C16H18FN5O3S/c17-13-8-14-11(1-2-16(23)20-14)7-15(13)26(24,25)21-5-3-12(4-6-21)22-10-18-9-19-22/h7-10,12H,1-6H2,(H,20,23). The molecule has 1 saturated heterocycles. The molecule has 2 aromatic rings. The van der Waals surface area contributed by atoms with Crippen LogP contribution in [0.4, 0.5) is 10.1 Å². The van der Waals surface area contributed by atoms with Gasteiger partial charge in [0.25, 0.3) is 0 Å². The molecule has 4 rings (SSSR count). The number of fused-ring (bicyclic) bond motifs is 1. The van der Waals surface area contributed by atoms with E-state index in [0.717, 1.165) is 6.07 Å². The van der Waals surface area contributed by atoms with E-state index in [2.05, 4.69) is 15.4 Å². The minimum atomic E-state index is -3.93. The molecule has 0 bridgehead atoms. The number of anilines is 1. The van der Waals surface area contributed by atoms with E-state index >= 15 is 0 Å². The summed E-state index contributed by atoms with van der Waals surface area (Å²) in [6, 6.07) is 2.54. The average molecular weight is 379 g/mol. The van der Waals surface area contributed by atoms with E-state index in [1.807, 2.05) is 0 Å².